The van der Waals surface area contributed by atoms with Crippen LogP contribution in [-0.2, 0) is 32.6 Å². The first-order valence-electron chi connectivity index (χ1n) is 28.9. The summed E-state index contributed by atoms with van der Waals surface area (Å²) in [6, 6.07) is 7.84. The zero-order valence-electron chi connectivity index (χ0n) is 44.9. The number of rotatable bonds is 7. The van der Waals surface area contributed by atoms with Crippen LogP contribution in [0, 0.1) is 35.5 Å². The Labute approximate surface area is 466 Å². The van der Waals surface area contributed by atoms with Crippen molar-refractivity contribution in [3.63, 3.8) is 0 Å². The number of ketones is 1. The number of phenolic OH excluding ortho intramolecular Hbond substituents is 2. The molecule has 6 bridgehead atoms. The Hall–Kier alpha value is -5.08. The number of aromatic hydroxyl groups is 2. The van der Waals surface area contributed by atoms with Gasteiger partial charge in [-0.3, -0.25) is 9.59 Å². The lowest BCUT2D eigenvalue weighted by Gasteiger charge is -2.45. The maximum absolute atomic E-state index is 13.6. The molecule has 10 aliphatic rings. The van der Waals surface area contributed by atoms with Crippen LogP contribution in [0.4, 0.5) is 0 Å². The minimum Gasteiger partial charge on any atom is -0.508 e. The third-order valence-corrected chi connectivity index (χ3v) is 22.1. The number of esters is 1. The number of aliphatic hydroxyl groups excluding tert-OH is 1. The van der Waals surface area contributed by atoms with E-state index in [9.17, 15) is 24.9 Å². The van der Waals surface area contributed by atoms with Gasteiger partial charge in [-0.05, 0) is 142 Å². The number of nitrogens with one attached hydrogen (secondary N) is 3. The summed E-state index contributed by atoms with van der Waals surface area (Å²) in [6.07, 6.45) is 20.1. The number of phenols is 2. The molecule has 15 heteroatoms. The molecule has 3 aromatic rings. The Bertz CT molecular complexity index is 3070. The van der Waals surface area contributed by atoms with Gasteiger partial charge < -0.3 is 56.0 Å². The van der Waals surface area contributed by atoms with Crippen LogP contribution in [0.25, 0.3) is 17.2 Å². The molecule has 6 aliphatic heterocycles. The van der Waals surface area contributed by atoms with E-state index in [1.54, 1.807) is 13.2 Å². The predicted octanol–water partition coefficient (Wildman–Crippen LogP) is 9.64. The lowest BCUT2D eigenvalue weighted by atomic mass is 9.65. The fourth-order valence-electron chi connectivity index (χ4n) is 16.1. The number of dihydropyridines is 1. The third kappa shape index (κ3) is 9.41. The van der Waals surface area contributed by atoms with Crippen molar-refractivity contribution in [2.24, 2.45) is 29.4 Å². The second-order valence-electron chi connectivity index (χ2n) is 24.2. The number of allylic oxidation sites excluding steroid dienone is 3. The molecular formula is C63H74N4O9S2. The van der Waals surface area contributed by atoms with E-state index in [4.69, 9.17) is 24.7 Å². The molecule has 412 valence electrons. The van der Waals surface area contributed by atoms with Gasteiger partial charge in [-0.15, -0.1) is 0 Å². The predicted molar refractivity (Wildman–Crippen MR) is 305 cm³/mol. The number of carbonyl (C=O) groups excluding carboxylic acids is 2. The quantitative estimate of drug-likeness (QED) is 0.0671. The van der Waals surface area contributed by atoms with Gasteiger partial charge in [0.1, 0.15) is 41.8 Å². The van der Waals surface area contributed by atoms with Gasteiger partial charge in [-0.25, -0.2) is 0 Å². The molecule has 1 spiro atoms. The summed E-state index contributed by atoms with van der Waals surface area (Å²) in [6.45, 7) is 1.56. The van der Waals surface area contributed by atoms with Gasteiger partial charge in [0, 0.05) is 107 Å². The number of aliphatic hydroxyl groups is 1. The molecule has 13 nitrogen and oxygen atoms in total. The van der Waals surface area contributed by atoms with Gasteiger partial charge in [0.05, 0.1) is 30.9 Å². The van der Waals surface area contributed by atoms with E-state index in [1.807, 2.05) is 33.7 Å². The minimum atomic E-state index is -0.717. The topological polar surface area (TPSA) is 194 Å². The smallest absolute Gasteiger partial charge is 0.302 e. The maximum Gasteiger partial charge on any atom is 0.302 e. The van der Waals surface area contributed by atoms with Crippen molar-refractivity contribution in [3.8, 4) is 51.7 Å². The van der Waals surface area contributed by atoms with E-state index in [0.29, 0.717) is 73.7 Å². The first kappa shape index (κ1) is 52.3. The van der Waals surface area contributed by atoms with Crippen molar-refractivity contribution in [2.75, 3.05) is 31.8 Å². The number of carbonyl (C=O) groups is 2. The summed E-state index contributed by atoms with van der Waals surface area (Å²) < 4.78 is 27.6. The second-order valence-corrected chi connectivity index (χ2v) is 26.7. The summed E-state index contributed by atoms with van der Waals surface area (Å²) in [5.74, 6) is 11.5. The van der Waals surface area contributed by atoms with Crippen LogP contribution < -0.4 is 35.9 Å². The van der Waals surface area contributed by atoms with E-state index >= 15 is 0 Å². The van der Waals surface area contributed by atoms with Crippen LogP contribution in [0.1, 0.15) is 154 Å². The highest BCUT2D eigenvalue weighted by molar-refractivity contribution is 8.76. The molecule has 78 heavy (non-hydrogen) atoms. The maximum atomic E-state index is 13.6. The highest BCUT2D eigenvalue weighted by Crippen LogP contribution is 2.64. The van der Waals surface area contributed by atoms with E-state index in [1.165, 1.54) is 19.8 Å². The normalized spacial score (nSPS) is 33.2. The molecule has 6 heterocycles. The fourth-order valence-corrected chi connectivity index (χ4v) is 18.8. The van der Waals surface area contributed by atoms with Crippen molar-refractivity contribution in [3.05, 3.63) is 92.7 Å². The van der Waals surface area contributed by atoms with Crippen LogP contribution in [0.3, 0.4) is 0 Å². The monoisotopic (exact) mass is 1090 g/mol. The average molecular weight is 1100 g/mol. The van der Waals surface area contributed by atoms with Crippen molar-refractivity contribution in [2.45, 2.75) is 164 Å². The Morgan fingerprint density at radius 1 is 0.974 bits per heavy atom. The second kappa shape index (κ2) is 21.4. The lowest BCUT2D eigenvalue weighted by molar-refractivity contribution is -0.142. The van der Waals surface area contributed by atoms with Crippen LogP contribution in [-0.4, -0.2) is 89.3 Å². The van der Waals surface area contributed by atoms with Crippen LogP contribution in [0.2, 0.25) is 0 Å². The SMILES string of the molecule is COc1cc(O)cc2c1-c1ccc3c4c1C1(CCC(CC5=C(C#CCc6c(C7CCC8C(CCC(=O)C8CCCO)N7)c(O)c7c(c6C(O4)C3COC(C)=O)C=CC3NC4CCCC(CSSCC3O7)C4)NC(N)C=C5)C1)C2. The van der Waals surface area contributed by atoms with Gasteiger partial charge in [0.2, 0.25) is 0 Å². The van der Waals surface area contributed by atoms with Crippen molar-refractivity contribution in [1.29, 1.82) is 0 Å². The van der Waals surface area contributed by atoms with Crippen LogP contribution >= 0.6 is 21.6 Å². The Kier molecular flexibility index (Phi) is 14.4. The molecule has 0 radical (unpaired) electrons. The summed E-state index contributed by atoms with van der Waals surface area (Å²) in [7, 11) is 5.44. The van der Waals surface area contributed by atoms with E-state index in [0.717, 1.165) is 118 Å². The number of benzene rings is 3. The van der Waals surface area contributed by atoms with Crippen molar-refractivity contribution < 1.29 is 43.9 Å². The first-order valence-corrected chi connectivity index (χ1v) is 31.4. The van der Waals surface area contributed by atoms with Gasteiger partial charge in [0.25, 0.3) is 0 Å². The standard InChI is InChI=1S/C63H74N4O9S2/c1-33(69)74-30-46-42-12-13-44-55-37(26-39(70)27-52(55)73-2)29-63-22-21-34(28-63)24-36-11-20-54(64)67-47(36)10-4-8-43-56(60(46)76-61(42)58(44)63)45-15-16-49-53(32-78-77-31-35-6-3-7-38(25-35)65-49)75-62(45)59(72)57(43)50-17-14-40-41(9-5-23-68)51(71)19-18-48(40)66-50/h11-13,15-16,20,26-27,34-35,38,40-41,46,48-50,53-54,60,65-68,70,72H,3,5-9,14,17-19,21-25,28-32,64H2,1-2H3. The van der Waals surface area contributed by atoms with Crippen molar-refractivity contribution in [1.82, 2.24) is 16.0 Å². The molecule has 13 rings (SSSR count). The molecule has 8 N–H and O–H groups in total. The highest BCUT2D eigenvalue weighted by atomic mass is 33.1. The summed E-state index contributed by atoms with van der Waals surface area (Å²) >= 11 is 0. The first-order chi connectivity index (χ1) is 38.0. The number of nitrogens with two attached hydrogens (primary N) is 1. The Morgan fingerprint density at radius 3 is 2.72 bits per heavy atom. The molecule has 13 unspecified atom stereocenters. The molecule has 0 amide bonds. The van der Waals surface area contributed by atoms with E-state index < -0.39 is 18.2 Å². The zero-order valence-corrected chi connectivity index (χ0v) is 46.5. The molecular weight excluding hydrogens is 1020 g/mol. The number of piperidine rings is 1. The van der Waals surface area contributed by atoms with Crippen LogP contribution in [0.5, 0.6) is 28.7 Å². The highest BCUT2D eigenvalue weighted by Gasteiger charge is 2.52. The lowest BCUT2D eigenvalue weighted by Crippen LogP contribution is -2.51. The van der Waals surface area contributed by atoms with E-state index in [2.05, 4.69) is 58.2 Å². The Balaban J connectivity index is 1.05. The molecule has 5 fully saturated rings. The Morgan fingerprint density at radius 2 is 1.86 bits per heavy atom. The summed E-state index contributed by atoms with van der Waals surface area (Å²) in [4.78, 5) is 26.7. The molecule has 3 aromatic carbocycles. The number of fused-ring (bicyclic) bond motifs is 12. The number of hydrogen-bond acceptors (Lipinski definition) is 15. The van der Waals surface area contributed by atoms with Gasteiger partial charge in [-0.1, -0.05) is 64.3 Å². The number of ether oxygens (including phenoxy) is 4. The minimum absolute atomic E-state index is 0.0174. The van der Waals surface area contributed by atoms with E-state index in [-0.39, 0.29) is 84.4 Å². The van der Waals surface area contributed by atoms with Gasteiger partial charge in [0.15, 0.2) is 11.5 Å². The molecule has 2 saturated heterocycles. The molecule has 0 aromatic heterocycles. The zero-order chi connectivity index (χ0) is 53.4. The number of methoxy groups -OCH3 is 1. The number of hydrogen-bond donors (Lipinski definition) is 7. The number of Topliss-reactive ketones (excluding diaryl/α,β-unsaturated/α-hetero) is 1. The molecule has 4 aliphatic carbocycles. The largest absolute Gasteiger partial charge is 0.508 e. The summed E-state index contributed by atoms with van der Waals surface area (Å²) in [5, 5.41) is 46.2. The van der Waals surface area contributed by atoms with Crippen LogP contribution in [0.15, 0.2) is 53.8 Å². The summed E-state index contributed by atoms with van der Waals surface area (Å²) in [5.41, 5.74) is 16.4. The van der Waals surface area contributed by atoms with Crippen molar-refractivity contribution >= 4 is 39.4 Å². The fraction of sp³-hybridized carbons (Fsp3) is 0.556. The molecule has 13 atom stereocenters. The average Bonchev–Trinajstić information content (AvgIpc) is 3.81. The third-order valence-electron chi connectivity index (χ3n) is 19.5. The van der Waals surface area contributed by atoms with Gasteiger partial charge in [-0.2, -0.15) is 0 Å². The molecule has 3 saturated carbocycles. The van der Waals surface area contributed by atoms with Gasteiger partial charge >= 0.3 is 5.97 Å².